The van der Waals surface area contributed by atoms with Crippen molar-refractivity contribution in [2.45, 2.75) is 12.8 Å². The van der Waals surface area contributed by atoms with E-state index in [9.17, 15) is 9.59 Å². The molecule has 5 nitrogen and oxygen atoms in total. The number of carbonyl (C=O) groups is 2. The maximum Gasteiger partial charge on any atom is 0.241 e. The molecule has 1 aromatic heterocycles. The van der Waals surface area contributed by atoms with Crippen LogP contribution in [0.3, 0.4) is 0 Å². The molecule has 0 radical (unpaired) electrons. The number of nitrogens with two attached hydrogens (primary N) is 1. The van der Waals surface area contributed by atoms with Gasteiger partial charge in [-0.05, 0) is 29.7 Å². The monoisotopic (exact) mass is 217 g/mol. The molecule has 0 saturated heterocycles. The van der Waals surface area contributed by atoms with Gasteiger partial charge < -0.3 is 11.1 Å². The van der Waals surface area contributed by atoms with E-state index < -0.39 is 5.91 Å². The Labute approximate surface area is 92.4 Å². The molecule has 16 heavy (non-hydrogen) atoms. The van der Waals surface area contributed by atoms with Crippen LogP contribution in [0.15, 0.2) is 18.3 Å². The summed E-state index contributed by atoms with van der Waals surface area (Å²) in [5.41, 5.74) is 6.77. The van der Waals surface area contributed by atoms with Crippen LogP contribution in [-0.2, 0) is 16.0 Å². The minimum absolute atomic E-state index is 0.0135. The van der Waals surface area contributed by atoms with Gasteiger partial charge in [-0.15, -0.1) is 0 Å². The average molecular weight is 217 g/mol. The Balaban J connectivity index is 2.26. The van der Waals surface area contributed by atoms with Gasteiger partial charge >= 0.3 is 0 Å². The van der Waals surface area contributed by atoms with Crippen LogP contribution < -0.4 is 11.1 Å². The summed E-state index contributed by atoms with van der Waals surface area (Å²) in [4.78, 5) is 25.8. The molecule has 0 spiro atoms. The molecule has 0 saturated carbocycles. The zero-order chi connectivity index (χ0) is 11.5. The van der Waals surface area contributed by atoms with Crippen molar-refractivity contribution >= 4 is 23.7 Å². The fourth-order valence-electron chi connectivity index (χ4n) is 1.54. The summed E-state index contributed by atoms with van der Waals surface area (Å²) in [5.74, 6) is 0.0962. The van der Waals surface area contributed by atoms with Gasteiger partial charge in [0.25, 0.3) is 0 Å². The van der Waals surface area contributed by atoms with E-state index in [1.165, 1.54) is 6.08 Å². The molecular weight excluding hydrogens is 206 g/mol. The third kappa shape index (κ3) is 2.25. The zero-order valence-electron chi connectivity index (χ0n) is 8.56. The summed E-state index contributed by atoms with van der Waals surface area (Å²) >= 11 is 0. The van der Waals surface area contributed by atoms with E-state index in [2.05, 4.69) is 10.3 Å². The number of carbonyl (C=O) groups excluding carboxylic acids is 2. The summed E-state index contributed by atoms with van der Waals surface area (Å²) in [6, 6.07) is 1.89. The van der Waals surface area contributed by atoms with E-state index in [4.69, 9.17) is 5.73 Å². The summed E-state index contributed by atoms with van der Waals surface area (Å²) in [6.45, 7) is 0. The normalized spacial score (nSPS) is 14.6. The van der Waals surface area contributed by atoms with Crippen LogP contribution >= 0.6 is 0 Å². The van der Waals surface area contributed by atoms with Crippen LogP contribution in [-0.4, -0.2) is 16.8 Å². The standard InChI is InChI=1S/C11H11N3O2/c12-9(15)3-1-7-5-8-2-4-10(16)14-11(8)13-6-7/h1,3,5-6H,2,4H2,(H2,12,15)(H,13,14,16). The number of nitrogens with one attached hydrogen (secondary N) is 1. The first-order valence-electron chi connectivity index (χ1n) is 4.91. The third-order valence-corrected chi connectivity index (χ3v) is 2.31. The Bertz CT molecular complexity index is 480. The van der Waals surface area contributed by atoms with E-state index >= 15 is 0 Å². The van der Waals surface area contributed by atoms with Gasteiger partial charge in [0, 0.05) is 18.7 Å². The van der Waals surface area contributed by atoms with Gasteiger partial charge in [0.15, 0.2) is 0 Å². The number of fused-ring (bicyclic) bond motifs is 1. The highest BCUT2D eigenvalue weighted by Gasteiger charge is 2.15. The number of pyridine rings is 1. The second-order valence-corrected chi connectivity index (χ2v) is 3.56. The number of hydrogen-bond donors (Lipinski definition) is 2. The number of aromatic nitrogens is 1. The first kappa shape index (κ1) is 10.4. The van der Waals surface area contributed by atoms with E-state index in [1.54, 1.807) is 12.3 Å². The van der Waals surface area contributed by atoms with Crippen LogP contribution in [0.2, 0.25) is 0 Å². The summed E-state index contributed by atoms with van der Waals surface area (Å²) in [5, 5.41) is 2.69. The molecule has 2 heterocycles. The number of rotatable bonds is 2. The van der Waals surface area contributed by atoms with Crippen LogP contribution in [0.5, 0.6) is 0 Å². The number of amides is 2. The number of hydrogen-bond acceptors (Lipinski definition) is 3. The first-order valence-corrected chi connectivity index (χ1v) is 4.91. The van der Waals surface area contributed by atoms with Crippen molar-refractivity contribution in [3.63, 3.8) is 0 Å². The smallest absolute Gasteiger partial charge is 0.241 e. The fourth-order valence-corrected chi connectivity index (χ4v) is 1.54. The summed E-state index contributed by atoms with van der Waals surface area (Å²) in [7, 11) is 0. The molecule has 1 aromatic rings. The zero-order valence-corrected chi connectivity index (χ0v) is 8.56. The number of anilines is 1. The van der Waals surface area contributed by atoms with Crippen molar-refractivity contribution in [2.75, 3.05) is 5.32 Å². The topological polar surface area (TPSA) is 85.1 Å². The highest BCUT2D eigenvalue weighted by Crippen LogP contribution is 2.21. The Hall–Kier alpha value is -2.17. The number of primary amides is 1. The molecule has 82 valence electrons. The lowest BCUT2D eigenvalue weighted by Gasteiger charge is -2.15. The van der Waals surface area contributed by atoms with Gasteiger partial charge in [-0.2, -0.15) is 0 Å². The van der Waals surface area contributed by atoms with Crippen LogP contribution in [0.4, 0.5) is 5.82 Å². The first-order chi connectivity index (χ1) is 7.65. The fraction of sp³-hybridized carbons (Fsp3) is 0.182. The summed E-state index contributed by atoms with van der Waals surface area (Å²) < 4.78 is 0. The molecule has 0 aliphatic carbocycles. The molecule has 0 unspecified atom stereocenters. The molecule has 2 rings (SSSR count). The number of nitrogens with zero attached hydrogens (tertiary/aromatic N) is 1. The molecule has 1 aliphatic heterocycles. The molecule has 3 N–H and O–H groups in total. The Kier molecular flexibility index (Phi) is 2.68. The molecular formula is C11H11N3O2. The Morgan fingerprint density at radius 1 is 1.50 bits per heavy atom. The highest BCUT2D eigenvalue weighted by molar-refractivity contribution is 5.93. The summed E-state index contributed by atoms with van der Waals surface area (Å²) in [6.07, 6.45) is 5.62. The maximum atomic E-state index is 11.1. The lowest BCUT2D eigenvalue weighted by atomic mass is 10.0. The van der Waals surface area contributed by atoms with E-state index in [1.807, 2.05) is 6.07 Å². The highest BCUT2D eigenvalue weighted by atomic mass is 16.2. The molecule has 0 atom stereocenters. The molecule has 1 aliphatic rings. The van der Waals surface area contributed by atoms with Gasteiger partial charge in [-0.1, -0.05) is 0 Å². The van der Waals surface area contributed by atoms with Crippen LogP contribution in [0.25, 0.3) is 6.08 Å². The molecule has 2 amide bonds. The van der Waals surface area contributed by atoms with Crippen molar-refractivity contribution in [1.29, 1.82) is 0 Å². The van der Waals surface area contributed by atoms with E-state index in [0.29, 0.717) is 18.7 Å². The van der Waals surface area contributed by atoms with Gasteiger partial charge in [0.2, 0.25) is 11.8 Å². The maximum absolute atomic E-state index is 11.1. The minimum Gasteiger partial charge on any atom is -0.366 e. The van der Waals surface area contributed by atoms with Gasteiger partial charge in [-0.3, -0.25) is 9.59 Å². The van der Waals surface area contributed by atoms with Crippen molar-refractivity contribution in [1.82, 2.24) is 4.98 Å². The SMILES string of the molecule is NC(=O)C=Cc1cnc2c(c1)CCC(=O)N2. The predicted molar refractivity (Wildman–Crippen MR) is 59.4 cm³/mol. The second-order valence-electron chi connectivity index (χ2n) is 3.56. The van der Waals surface area contributed by atoms with Crippen LogP contribution in [0.1, 0.15) is 17.5 Å². The van der Waals surface area contributed by atoms with Gasteiger partial charge in [-0.25, -0.2) is 4.98 Å². The van der Waals surface area contributed by atoms with Crippen molar-refractivity contribution in [2.24, 2.45) is 5.73 Å². The molecule has 0 bridgehead atoms. The molecule has 5 heteroatoms. The van der Waals surface area contributed by atoms with Crippen molar-refractivity contribution in [3.05, 3.63) is 29.5 Å². The van der Waals surface area contributed by atoms with Gasteiger partial charge in [0.05, 0.1) is 0 Å². The third-order valence-electron chi connectivity index (χ3n) is 2.31. The minimum atomic E-state index is -0.494. The van der Waals surface area contributed by atoms with Crippen LogP contribution in [0, 0.1) is 0 Å². The Morgan fingerprint density at radius 3 is 3.06 bits per heavy atom. The van der Waals surface area contributed by atoms with E-state index in [-0.39, 0.29) is 5.91 Å². The van der Waals surface area contributed by atoms with Crippen molar-refractivity contribution < 1.29 is 9.59 Å². The van der Waals surface area contributed by atoms with E-state index in [0.717, 1.165) is 11.1 Å². The second kappa shape index (κ2) is 4.14. The predicted octanol–water partition coefficient (Wildman–Crippen LogP) is 0.465. The quantitative estimate of drug-likeness (QED) is 0.706. The largest absolute Gasteiger partial charge is 0.366 e. The average Bonchev–Trinajstić information content (AvgIpc) is 2.26. The van der Waals surface area contributed by atoms with Gasteiger partial charge in [0.1, 0.15) is 5.82 Å². The van der Waals surface area contributed by atoms with Crippen molar-refractivity contribution in [3.8, 4) is 0 Å². The molecule has 0 fully saturated rings. The lowest BCUT2D eigenvalue weighted by molar-refractivity contribution is -0.116. The Morgan fingerprint density at radius 2 is 2.31 bits per heavy atom. The lowest BCUT2D eigenvalue weighted by Crippen LogP contribution is -2.20. The number of aryl methyl sites for hydroxylation is 1. The molecule has 0 aromatic carbocycles.